The number of phenols is 1. The van der Waals surface area contributed by atoms with Gasteiger partial charge in [0.1, 0.15) is 42.0 Å². The Kier molecular flexibility index (Phi) is 26.0. The van der Waals surface area contributed by atoms with Crippen LogP contribution in [0.3, 0.4) is 0 Å². The number of aliphatic imine (C=N–C) groups is 1. The summed E-state index contributed by atoms with van der Waals surface area (Å²) in [6.45, 7) is 6.51. The molecular weight excluding hydrogens is 885 g/mol. The van der Waals surface area contributed by atoms with Gasteiger partial charge in [0.2, 0.25) is 35.4 Å². The van der Waals surface area contributed by atoms with E-state index >= 15 is 0 Å². The lowest BCUT2D eigenvalue weighted by Gasteiger charge is -2.30. The molecule has 25 nitrogen and oxygen atoms in total. The second-order valence-electron chi connectivity index (χ2n) is 16.2. The lowest BCUT2D eigenvalue weighted by molar-refractivity contribution is -0.143. The number of amides is 6. The molecule has 9 unspecified atom stereocenters. The monoisotopic (exact) mass is 952 g/mol. The molecule has 376 valence electrons. The fourth-order valence-electron chi connectivity index (χ4n) is 6.33. The summed E-state index contributed by atoms with van der Waals surface area (Å²) in [6, 6.07) is -4.45. The van der Waals surface area contributed by atoms with E-state index in [1.165, 1.54) is 31.4 Å². The van der Waals surface area contributed by atoms with Gasteiger partial charge >= 0.3 is 17.9 Å². The average Bonchev–Trinajstić information content (AvgIpc) is 3.26. The molecule has 0 aromatic heterocycles. The molecule has 17 N–H and O–H groups in total. The largest absolute Gasteiger partial charge is 0.508 e. The number of aliphatic hydroxyl groups is 1. The number of nitrogens with zero attached hydrogens (tertiary/aromatic N) is 1. The molecular formula is C42H68N10O15. The van der Waals surface area contributed by atoms with Crippen LogP contribution in [-0.2, 0) is 54.3 Å². The van der Waals surface area contributed by atoms with Crippen molar-refractivity contribution in [3.8, 4) is 5.75 Å². The first-order chi connectivity index (χ1) is 31.4. The first-order valence-electron chi connectivity index (χ1n) is 21.7. The summed E-state index contributed by atoms with van der Waals surface area (Å²) in [5.41, 5.74) is 17.4. The molecule has 0 saturated carbocycles. The SMILES string of the molecule is CCC(C)C(NC(=O)C(CCC(O)OC)NC(=O)C(CCC(=O)O)NC(=O)C(CCC(=O)O)NC(=O)C(N)Cc1ccc(O)cc1)C(=O)NC(CCCN=C(N)N)C(=O)NC(C(=O)O)C(C)C. The number of benzene rings is 1. The highest BCUT2D eigenvalue weighted by atomic mass is 16.6. The van der Waals surface area contributed by atoms with E-state index in [1.807, 2.05) is 0 Å². The number of hydrogen-bond acceptors (Lipinski definition) is 14. The van der Waals surface area contributed by atoms with Gasteiger partial charge < -0.3 is 79.4 Å². The highest BCUT2D eigenvalue weighted by Gasteiger charge is 2.36. The number of aromatic hydroxyl groups is 1. The van der Waals surface area contributed by atoms with Crippen molar-refractivity contribution < 1.29 is 73.4 Å². The Balaban J connectivity index is 3.50. The van der Waals surface area contributed by atoms with Crippen LogP contribution in [0.1, 0.15) is 91.0 Å². The van der Waals surface area contributed by atoms with Gasteiger partial charge in [0.05, 0.1) is 6.04 Å². The predicted molar refractivity (Wildman–Crippen MR) is 239 cm³/mol. The zero-order valence-corrected chi connectivity index (χ0v) is 38.4. The molecule has 6 amide bonds. The Labute approximate surface area is 387 Å². The highest BCUT2D eigenvalue weighted by Crippen LogP contribution is 2.14. The van der Waals surface area contributed by atoms with Gasteiger partial charge in [0.15, 0.2) is 12.2 Å². The number of aliphatic hydroxyl groups excluding tert-OH is 1. The zero-order valence-electron chi connectivity index (χ0n) is 38.4. The number of guanidine groups is 1. The Morgan fingerprint density at radius 1 is 0.642 bits per heavy atom. The number of nitrogens with one attached hydrogen (secondary N) is 6. The van der Waals surface area contributed by atoms with E-state index in [-0.39, 0.29) is 56.8 Å². The number of ether oxygens (including phenoxy) is 1. The van der Waals surface area contributed by atoms with Crippen molar-refractivity contribution in [3.05, 3.63) is 29.8 Å². The Hall–Kier alpha value is -6.60. The normalized spacial score (nSPS) is 15.1. The van der Waals surface area contributed by atoms with Crippen LogP contribution in [0.5, 0.6) is 5.75 Å². The second-order valence-corrected chi connectivity index (χ2v) is 16.2. The van der Waals surface area contributed by atoms with Crippen LogP contribution in [0.4, 0.5) is 0 Å². The topological polar surface area (TPSA) is 427 Å². The smallest absolute Gasteiger partial charge is 0.326 e. The van der Waals surface area contributed by atoms with Crippen LogP contribution in [0, 0.1) is 11.8 Å². The molecule has 0 aliphatic heterocycles. The van der Waals surface area contributed by atoms with Crippen LogP contribution in [-0.4, -0.2) is 147 Å². The number of carbonyl (C=O) groups is 9. The first-order valence-corrected chi connectivity index (χ1v) is 21.7. The van der Waals surface area contributed by atoms with Gasteiger partial charge in [-0.15, -0.1) is 0 Å². The molecule has 0 heterocycles. The number of aliphatic carboxylic acids is 3. The number of rotatable bonds is 32. The van der Waals surface area contributed by atoms with Gasteiger partial charge in [-0.05, 0) is 68.1 Å². The van der Waals surface area contributed by atoms with Gasteiger partial charge in [0, 0.05) is 32.9 Å². The minimum absolute atomic E-state index is 0.0343. The van der Waals surface area contributed by atoms with E-state index in [9.17, 15) is 68.7 Å². The summed E-state index contributed by atoms with van der Waals surface area (Å²) in [6.07, 6.45) is -4.10. The maximum Gasteiger partial charge on any atom is 0.326 e. The van der Waals surface area contributed by atoms with E-state index in [2.05, 4.69) is 36.9 Å². The Morgan fingerprint density at radius 3 is 1.54 bits per heavy atom. The number of hydrogen-bond donors (Lipinski definition) is 14. The average molecular weight is 953 g/mol. The first kappa shape index (κ1) is 58.4. The number of carbonyl (C=O) groups excluding carboxylic acids is 6. The standard InChI is InChI=1S/C42H68N10O15/c1-6-22(4)34(40(64)50-26(8-7-19-46-42(44)45)38(62)51-33(21(2)3)41(65)66)52-39(63)29(15-18-32(58)67-5)49-37(61)28(14-17-31(56)57)48-36(60)27(13-16-30(54)55)47-35(59)25(43)20-23-9-11-24(53)12-10-23/h9-12,21-22,25-29,32-34,53,58H,6-8,13-20,43H2,1-5H3,(H,47,59)(H,48,60)(H,49,61)(H,50,64)(H,51,62)(H,52,63)(H,54,55)(H,56,57)(H,65,66)(H4,44,45,46). The van der Waals surface area contributed by atoms with E-state index in [0.717, 1.165) is 0 Å². The predicted octanol–water partition coefficient (Wildman–Crippen LogP) is -2.51. The molecule has 1 aromatic rings. The lowest BCUT2D eigenvalue weighted by Crippen LogP contribution is -2.61. The quantitative estimate of drug-likeness (QED) is 0.0153. The Bertz CT molecular complexity index is 1860. The van der Waals surface area contributed by atoms with Crippen molar-refractivity contribution >= 4 is 59.3 Å². The van der Waals surface area contributed by atoms with Crippen LogP contribution in [0.15, 0.2) is 29.3 Å². The Morgan fingerprint density at radius 2 is 1.09 bits per heavy atom. The number of carboxylic acids is 3. The van der Waals surface area contributed by atoms with Gasteiger partial charge in [-0.1, -0.05) is 46.2 Å². The summed E-state index contributed by atoms with van der Waals surface area (Å²) in [7, 11) is 1.17. The van der Waals surface area contributed by atoms with Crippen LogP contribution in [0.2, 0.25) is 0 Å². The van der Waals surface area contributed by atoms with Crippen molar-refractivity contribution in [2.75, 3.05) is 13.7 Å². The maximum atomic E-state index is 14.1. The van der Waals surface area contributed by atoms with Gasteiger partial charge in [-0.3, -0.25) is 43.3 Å². The number of methoxy groups -OCH3 is 1. The third-order valence-electron chi connectivity index (χ3n) is 10.5. The molecule has 0 spiro atoms. The minimum atomic E-state index is -1.71. The number of phenolic OH excluding ortho intramolecular Hbond substituents is 1. The molecule has 0 aliphatic rings. The van der Waals surface area contributed by atoms with Crippen molar-refractivity contribution in [3.63, 3.8) is 0 Å². The molecule has 0 bridgehead atoms. The van der Waals surface area contributed by atoms with Crippen molar-refractivity contribution in [2.45, 2.75) is 140 Å². The molecule has 0 saturated heterocycles. The lowest BCUT2D eigenvalue weighted by atomic mass is 9.96. The van der Waals surface area contributed by atoms with Crippen molar-refractivity contribution in [2.24, 2.45) is 34.0 Å². The summed E-state index contributed by atoms with van der Waals surface area (Å²) in [5, 5.41) is 63.0. The molecule has 67 heavy (non-hydrogen) atoms. The highest BCUT2D eigenvalue weighted by molar-refractivity contribution is 5.97. The molecule has 0 fully saturated rings. The van der Waals surface area contributed by atoms with E-state index in [1.54, 1.807) is 27.7 Å². The number of carboxylic acid groups (broad SMARTS) is 3. The summed E-state index contributed by atoms with van der Waals surface area (Å²) >= 11 is 0. The fraction of sp³-hybridized carbons (Fsp3) is 0.619. The van der Waals surface area contributed by atoms with Crippen molar-refractivity contribution in [1.82, 2.24) is 31.9 Å². The van der Waals surface area contributed by atoms with Gasteiger partial charge in [-0.2, -0.15) is 0 Å². The summed E-state index contributed by atoms with van der Waals surface area (Å²) in [4.78, 5) is 121. The van der Waals surface area contributed by atoms with Gasteiger partial charge in [-0.25, -0.2) is 4.79 Å². The zero-order chi connectivity index (χ0) is 51.0. The van der Waals surface area contributed by atoms with E-state index < -0.39 is 139 Å². The fourth-order valence-corrected chi connectivity index (χ4v) is 6.33. The van der Waals surface area contributed by atoms with Crippen LogP contribution < -0.4 is 49.1 Å². The van der Waals surface area contributed by atoms with Crippen LogP contribution in [0.25, 0.3) is 0 Å². The summed E-state index contributed by atoms with van der Waals surface area (Å²) < 4.78 is 4.89. The third-order valence-corrected chi connectivity index (χ3v) is 10.5. The minimum Gasteiger partial charge on any atom is -0.508 e. The molecule has 9 atom stereocenters. The second kappa shape index (κ2) is 29.8. The van der Waals surface area contributed by atoms with Gasteiger partial charge in [0.25, 0.3) is 0 Å². The van der Waals surface area contributed by atoms with E-state index in [4.69, 9.17) is 21.9 Å². The molecule has 1 rings (SSSR count). The van der Waals surface area contributed by atoms with Crippen molar-refractivity contribution in [1.29, 1.82) is 0 Å². The van der Waals surface area contributed by atoms with Crippen LogP contribution >= 0.6 is 0 Å². The van der Waals surface area contributed by atoms with E-state index in [0.29, 0.717) is 5.56 Å². The maximum absolute atomic E-state index is 14.1. The molecule has 25 heteroatoms. The molecule has 0 aliphatic carbocycles. The number of nitrogens with two attached hydrogens (primary N) is 3. The summed E-state index contributed by atoms with van der Waals surface area (Å²) in [5.74, 6) is -11.3. The molecule has 0 radical (unpaired) electrons. The third kappa shape index (κ3) is 22.4. The molecule has 1 aromatic carbocycles.